The topological polar surface area (TPSA) is 236 Å². The molecule has 0 aliphatic heterocycles. The molecule has 2 aromatic heterocycles. The van der Waals surface area contributed by atoms with E-state index in [1.165, 1.54) is 0 Å². The van der Waals surface area contributed by atoms with Gasteiger partial charge in [-0.3, -0.25) is 25.1 Å². The van der Waals surface area contributed by atoms with Crippen LogP contribution in [0.4, 0.5) is 37.1 Å². The highest BCUT2D eigenvalue weighted by molar-refractivity contribution is 6.08. The maximum Gasteiger partial charge on any atom is 0.414 e. The molecule has 4 saturated carbocycles. The third-order valence-corrected chi connectivity index (χ3v) is 20.0. The minimum absolute atomic E-state index is 0.0805. The summed E-state index contributed by atoms with van der Waals surface area (Å²) >= 11 is 0. The molecule has 2 heterocycles. The number of carbonyl (C=O) groups is 6. The largest absolute Gasteiger partial charge is 0.456 e. The second-order valence-electron chi connectivity index (χ2n) is 33.5. The first kappa shape index (κ1) is 75.7. The SMILES string of the molecule is Cc1cc2nc3cc(C)c(N(CCCCCCNC(=O)C45CC6CC(CC(C(=O)NCCCCCCNc7c(C)cc8nc9cc(C)c(NC(=O)OC(C)(C)C)cc9[n+](-c9ccccc9)c8c7C(=O)OC(C)(C)C)(C6)C4)C5)C(=O)OC(C)(C)C)cc3[n+](-c3ccccc3)c2cc1NC(=O)OC(C)(C)C. The Morgan fingerprint density at radius 2 is 0.904 bits per heavy atom. The molecule has 2 unspecified atom stereocenters. The summed E-state index contributed by atoms with van der Waals surface area (Å²) in [6.45, 7) is 32.0. The van der Waals surface area contributed by atoms with Crippen molar-refractivity contribution in [2.45, 2.75) is 223 Å². The van der Waals surface area contributed by atoms with Crippen molar-refractivity contribution in [1.29, 1.82) is 0 Å². The van der Waals surface area contributed by atoms with E-state index in [0.29, 0.717) is 101 Å². The second-order valence-corrected chi connectivity index (χ2v) is 33.5. The van der Waals surface area contributed by atoms with Crippen molar-refractivity contribution in [3.8, 4) is 11.4 Å². The molecule has 20 heteroatoms. The summed E-state index contributed by atoms with van der Waals surface area (Å²) in [5.41, 5.74) is 9.35. The monoisotopic (exact) mass is 1420 g/mol. The zero-order chi connectivity index (χ0) is 74.8. The fraction of sp³-hybridized carbons (Fsp3) is 0.500. The quantitative estimate of drug-likeness (QED) is 0.0132. The first-order valence-electron chi connectivity index (χ1n) is 37.4. The van der Waals surface area contributed by atoms with E-state index in [2.05, 4.69) is 31.2 Å². The predicted octanol–water partition coefficient (Wildman–Crippen LogP) is 17.3. The third kappa shape index (κ3) is 17.7. The molecule has 4 bridgehead atoms. The Morgan fingerprint density at radius 1 is 0.481 bits per heavy atom. The minimum atomic E-state index is -0.799. The lowest BCUT2D eigenvalue weighted by atomic mass is 9.43. The number of benzene rings is 6. The van der Waals surface area contributed by atoms with Crippen molar-refractivity contribution in [1.82, 2.24) is 20.6 Å². The summed E-state index contributed by atoms with van der Waals surface area (Å²) in [5.74, 6) is 0.365. The van der Waals surface area contributed by atoms with Crippen LogP contribution in [-0.4, -0.2) is 94.6 Å². The zero-order valence-corrected chi connectivity index (χ0v) is 64.0. The van der Waals surface area contributed by atoms with E-state index >= 15 is 0 Å². The average Bonchev–Trinajstić information content (AvgIpc) is 0.726. The fourth-order valence-electron chi connectivity index (χ4n) is 16.1. The average molecular weight is 1420 g/mol. The standard InChI is InChI=1S/C84H106N10O10/c1-52-39-62-67(44-60(52)90-76(98)102-80(8,9)10)93(58-31-23-21-24-32-58)69-46-66(54(3)41-64(69)88-62)92(78(100)104-82(14,15)16)38-30-20-19-29-37-87-75(97)84-49-56-43-57(50-84)48-83(47-56,51-84)74(96)86-36-28-18-17-27-35-85-71-55(4)42-65-72(70(71)73(95)101-79(5,6)7)94(59-33-25-22-26-34-59)68-45-61(53(2)40-63(68)89-65)91-77(99)103-81(11,12)13/h21-26,31-34,39-42,44-46,56-57H,17-20,27-30,35-38,43,47-51H2,1-16H3,(H3,85,86,87,91,95,96,97,99)/p+2. The number of aromatic nitrogens is 4. The van der Waals surface area contributed by atoms with Crippen LogP contribution in [0.3, 0.4) is 0 Å². The first-order chi connectivity index (χ1) is 49.0. The summed E-state index contributed by atoms with van der Waals surface area (Å²) < 4.78 is 27.7. The van der Waals surface area contributed by atoms with E-state index in [9.17, 15) is 28.8 Å². The van der Waals surface area contributed by atoms with Gasteiger partial charge in [0.2, 0.25) is 39.7 Å². The Bertz CT molecular complexity index is 4570. The van der Waals surface area contributed by atoms with Gasteiger partial charge in [-0.1, -0.05) is 62.1 Å². The number of carbonyl (C=O) groups excluding carboxylic acids is 6. The third-order valence-electron chi connectivity index (χ3n) is 20.0. The van der Waals surface area contributed by atoms with E-state index in [4.69, 9.17) is 28.9 Å². The van der Waals surface area contributed by atoms with Gasteiger partial charge in [0.15, 0.2) is 5.56 Å². The number of nitrogens with zero attached hydrogens (tertiary/aromatic N) is 5. The number of rotatable bonds is 23. The van der Waals surface area contributed by atoms with E-state index in [1.807, 2.05) is 218 Å². The molecule has 12 rings (SSSR count). The van der Waals surface area contributed by atoms with Crippen LogP contribution < -0.4 is 40.6 Å². The van der Waals surface area contributed by atoms with Gasteiger partial charge in [-0.25, -0.2) is 29.1 Å². The van der Waals surface area contributed by atoms with Gasteiger partial charge >= 0.3 is 24.2 Å². The highest BCUT2D eigenvalue weighted by atomic mass is 16.6. The van der Waals surface area contributed by atoms with Crippen LogP contribution in [0.25, 0.3) is 55.5 Å². The molecule has 4 aliphatic carbocycles. The minimum Gasteiger partial charge on any atom is -0.456 e. The number of unbranched alkanes of at least 4 members (excludes halogenated alkanes) is 6. The summed E-state index contributed by atoms with van der Waals surface area (Å²) in [6.07, 6.45) is 9.90. The number of aryl methyl sites for hydroxylation is 4. The van der Waals surface area contributed by atoms with Crippen molar-refractivity contribution in [3.05, 3.63) is 131 Å². The van der Waals surface area contributed by atoms with Crippen LogP contribution >= 0.6 is 0 Å². The van der Waals surface area contributed by atoms with Gasteiger partial charge in [0.25, 0.3) is 5.52 Å². The molecule has 0 radical (unpaired) electrons. The zero-order valence-electron chi connectivity index (χ0n) is 64.0. The maximum absolute atomic E-state index is 14.7. The predicted molar refractivity (Wildman–Crippen MR) is 410 cm³/mol. The van der Waals surface area contributed by atoms with Gasteiger partial charge in [0.05, 0.1) is 33.6 Å². The molecule has 0 saturated heterocycles. The van der Waals surface area contributed by atoms with Gasteiger partial charge in [-0.05, 0) is 233 Å². The van der Waals surface area contributed by atoms with Gasteiger partial charge in [-0.2, -0.15) is 0 Å². The molecule has 104 heavy (non-hydrogen) atoms. The molecule has 2 atom stereocenters. The lowest BCUT2D eigenvalue weighted by molar-refractivity contribution is -0.538. The number of ether oxygens (including phenoxy) is 4. The first-order valence-corrected chi connectivity index (χ1v) is 37.4. The molecule has 4 aliphatic rings. The molecular formula is C84H108N10O10+2. The van der Waals surface area contributed by atoms with Crippen molar-refractivity contribution in [3.63, 3.8) is 0 Å². The molecule has 8 aromatic rings. The lowest BCUT2D eigenvalue weighted by Gasteiger charge is -2.60. The lowest BCUT2D eigenvalue weighted by Crippen LogP contribution is -2.61. The smallest absolute Gasteiger partial charge is 0.414 e. The van der Waals surface area contributed by atoms with Gasteiger partial charge in [0.1, 0.15) is 44.5 Å². The highest BCUT2D eigenvalue weighted by Gasteiger charge is 2.63. The summed E-state index contributed by atoms with van der Waals surface area (Å²) in [4.78, 5) is 96.3. The molecule has 5 N–H and O–H groups in total. The number of esters is 1. The van der Waals surface area contributed by atoms with Crippen LogP contribution in [-0.2, 0) is 28.5 Å². The normalized spacial score (nSPS) is 18.0. The Labute approximate surface area is 612 Å². The Morgan fingerprint density at radius 3 is 1.39 bits per heavy atom. The second kappa shape index (κ2) is 30.3. The van der Waals surface area contributed by atoms with Crippen LogP contribution in [0.15, 0.2) is 103 Å². The fourth-order valence-corrected chi connectivity index (χ4v) is 16.1. The highest BCUT2D eigenvalue weighted by Crippen LogP contribution is 2.65. The van der Waals surface area contributed by atoms with Crippen molar-refractivity contribution < 1.29 is 56.8 Å². The molecule has 20 nitrogen and oxygen atoms in total. The van der Waals surface area contributed by atoms with E-state index in [-0.39, 0.29) is 11.8 Å². The summed E-state index contributed by atoms with van der Waals surface area (Å²) in [5, 5.41) is 16.3. The number of hydrogen-bond donors (Lipinski definition) is 5. The van der Waals surface area contributed by atoms with Crippen LogP contribution in [0, 0.1) is 50.4 Å². The van der Waals surface area contributed by atoms with Crippen LogP contribution in [0.1, 0.15) is 206 Å². The Hall–Kier alpha value is -9.46. The Balaban J connectivity index is 0.698. The van der Waals surface area contributed by atoms with Crippen LogP contribution in [0.5, 0.6) is 0 Å². The van der Waals surface area contributed by atoms with E-state index < -0.39 is 57.5 Å². The van der Waals surface area contributed by atoms with Gasteiger partial charge < -0.3 is 34.9 Å². The molecular weight excluding hydrogens is 1310 g/mol. The van der Waals surface area contributed by atoms with Crippen molar-refractivity contribution >= 4 is 103 Å². The molecule has 0 spiro atoms. The number of para-hydroxylation sites is 2. The van der Waals surface area contributed by atoms with E-state index in [1.54, 1.807) is 4.90 Å². The Kier molecular flexibility index (Phi) is 22.1. The summed E-state index contributed by atoms with van der Waals surface area (Å²) in [6, 6.07) is 33.5. The summed E-state index contributed by atoms with van der Waals surface area (Å²) in [7, 11) is 0. The van der Waals surface area contributed by atoms with Crippen molar-refractivity contribution in [2.75, 3.05) is 47.0 Å². The van der Waals surface area contributed by atoms with Gasteiger partial charge in [0, 0.05) is 68.6 Å². The molecule has 6 aromatic carbocycles. The van der Waals surface area contributed by atoms with Gasteiger partial charge in [-0.15, -0.1) is 9.13 Å². The number of anilines is 4. The van der Waals surface area contributed by atoms with Crippen LogP contribution in [0.2, 0.25) is 0 Å². The van der Waals surface area contributed by atoms with Crippen molar-refractivity contribution in [2.24, 2.45) is 22.7 Å². The molecule has 4 fully saturated rings. The number of hydrogen-bond acceptors (Lipinski definition) is 13. The number of nitrogens with one attached hydrogen (secondary N) is 5. The molecule has 5 amide bonds. The number of amides is 5. The molecule has 552 valence electrons. The van der Waals surface area contributed by atoms with E-state index in [0.717, 1.165) is 133 Å². The maximum atomic E-state index is 14.7. The number of fused-ring (bicyclic) bond motifs is 4.